The summed E-state index contributed by atoms with van der Waals surface area (Å²) in [7, 11) is -3.35. The van der Waals surface area contributed by atoms with E-state index in [9.17, 15) is 22.3 Å². The van der Waals surface area contributed by atoms with Crippen LogP contribution < -0.4 is 9.62 Å². The fourth-order valence-corrected chi connectivity index (χ4v) is 3.22. The number of benzene rings is 1. The van der Waals surface area contributed by atoms with E-state index < -0.39 is 22.0 Å². The molecule has 1 aromatic rings. The molecule has 0 bridgehead atoms. The number of halogens is 2. The molecule has 1 aromatic carbocycles. The van der Waals surface area contributed by atoms with E-state index in [0.717, 1.165) is 18.7 Å². The zero-order chi connectivity index (χ0) is 15.8. The maximum absolute atomic E-state index is 12.6. The smallest absolute Gasteiger partial charge is 0.268 e. The summed E-state index contributed by atoms with van der Waals surface area (Å²) < 4.78 is 49.9. The molecule has 0 aliphatic carbocycles. The van der Waals surface area contributed by atoms with Crippen molar-refractivity contribution in [2.75, 3.05) is 29.0 Å². The van der Waals surface area contributed by atoms with E-state index >= 15 is 0 Å². The molecule has 0 amide bonds. The molecule has 0 radical (unpaired) electrons. The van der Waals surface area contributed by atoms with Crippen LogP contribution in [0.4, 0.5) is 20.2 Å². The molecule has 0 aromatic heterocycles. The average Bonchev–Trinajstić information content (AvgIpc) is 2.80. The molecule has 1 heterocycles. The molecule has 5 nitrogen and oxygen atoms in total. The minimum absolute atomic E-state index is 0.319. The Hall–Kier alpha value is -1.41. The van der Waals surface area contributed by atoms with Crippen LogP contribution in [0.25, 0.3) is 0 Å². The second-order valence-corrected chi connectivity index (χ2v) is 7.31. The summed E-state index contributed by atoms with van der Waals surface area (Å²) in [5.41, 5.74) is -0.260. The van der Waals surface area contributed by atoms with E-state index in [1.807, 2.05) is 0 Å². The predicted octanol–water partition coefficient (Wildman–Crippen LogP) is 1.44. The maximum Gasteiger partial charge on any atom is 0.268 e. The molecule has 118 valence electrons. The second-order valence-electron chi connectivity index (χ2n) is 5.40. The molecular formula is C13H18F2N2O3S. The van der Waals surface area contributed by atoms with Crippen LogP contribution in [0.5, 0.6) is 0 Å². The predicted molar refractivity (Wildman–Crippen MR) is 77.5 cm³/mol. The quantitative estimate of drug-likeness (QED) is 0.861. The van der Waals surface area contributed by atoms with Crippen molar-refractivity contribution < 1.29 is 22.3 Å². The van der Waals surface area contributed by atoms with Crippen LogP contribution in [-0.4, -0.2) is 44.9 Å². The van der Waals surface area contributed by atoms with Gasteiger partial charge in [0.25, 0.3) is 6.43 Å². The number of nitrogens with one attached hydrogen (secondary N) is 1. The minimum atomic E-state index is -3.35. The number of alkyl halides is 2. The number of hydrogen-bond acceptors (Lipinski definition) is 4. The highest BCUT2D eigenvalue weighted by Crippen LogP contribution is 2.35. The van der Waals surface area contributed by atoms with Gasteiger partial charge in [-0.1, -0.05) is 6.07 Å². The van der Waals surface area contributed by atoms with Crippen LogP contribution in [0.2, 0.25) is 0 Å². The molecule has 1 aliphatic rings. The maximum atomic E-state index is 12.6. The summed E-state index contributed by atoms with van der Waals surface area (Å²) in [6.07, 6.45) is -1.24. The molecule has 8 heteroatoms. The number of fused-ring (bicyclic) bond motifs is 1. The third-order valence-corrected chi connectivity index (χ3v) is 4.67. The monoisotopic (exact) mass is 320 g/mol. The van der Waals surface area contributed by atoms with Gasteiger partial charge in [-0.25, -0.2) is 17.2 Å². The highest BCUT2D eigenvalue weighted by Gasteiger charge is 2.33. The van der Waals surface area contributed by atoms with Crippen LogP contribution in [0.3, 0.4) is 0 Å². The Kier molecular flexibility index (Phi) is 4.12. The Morgan fingerprint density at radius 3 is 2.71 bits per heavy atom. The van der Waals surface area contributed by atoms with Gasteiger partial charge in [-0.3, -0.25) is 4.31 Å². The van der Waals surface area contributed by atoms with Gasteiger partial charge in [0.2, 0.25) is 10.0 Å². The van der Waals surface area contributed by atoms with Crippen LogP contribution in [0.15, 0.2) is 18.2 Å². The van der Waals surface area contributed by atoms with Gasteiger partial charge in [-0.15, -0.1) is 0 Å². The van der Waals surface area contributed by atoms with Crippen molar-refractivity contribution in [2.24, 2.45) is 0 Å². The Balaban J connectivity index is 2.24. The SMILES string of the molecule is CC(O)(CNc1cccc2c1CCN2S(C)(=O)=O)C(F)F. The number of aliphatic hydroxyl groups is 1. The van der Waals surface area contributed by atoms with Gasteiger partial charge >= 0.3 is 0 Å². The van der Waals surface area contributed by atoms with Crippen molar-refractivity contribution in [1.29, 1.82) is 0 Å². The third-order valence-electron chi connectivity index (χ3n) is 3.49. The normalized spacial score (nSPS) is 17.7. The molecule has 2 rings (SSSR count). The van der Waals surface area contributed by atoms with E-state index in [2.05, 4.69) is 5.32 Å². The average molecular weight is 320 g/mol. The van der Waals surface area contributed by atoms with Crippen LogP contribution in [0, 0.1) is 0 Å². The summed E-state index contributed by atoms with van der Waals surface area (Å²) in [5.74, 6) is 0. The summed E-state index contributed by atoms with van der Waals surface area (Å²) in [5, 5.41) is 12.4. The molecule has 2 N–H and O–H groups in total. The standard InChI is InChI=1S/C13H18F2N2O3S/c1-13(18,12(14)15)8-16-10-4-3-5-11-9(10)6-7-17(11)21(2,19)20/h3-5,12,16,18H,6-8H2,1-2H3. The Bertz CT molecular complexity index is 632. The Labute approximate surface area is 122 Å². The van der Waals surface area contributed by atoms with Gasteiger partial charge in [0.15, 0.2) is 0 Å². The lowest BCUT2D eigenvalue weighted by Crippen LogP contribution is -2.40. The lowest BCUT2D eigenvalue weighted by atomic mass is 10.1. The van der Waals surface area contributed by atoms with Crippen molar-refractivity contribution in [1.82, 2.24) is 0 Å². The number of sulfonamides is 1. The fourth-order valence-electron chi connectivity index (χ4n) is 2.27. The van der Waals surface area contributed by atoms with E-state index in [1.54, 1.807) is 18.2 Å². The van der Waals surface area contributed by atoms with E-state index in [1.165, 1.54) is 4.31 Å². The zero-order valence-corrected chi connectivity index (χ0v) is 12.6. The van der Waals surface area contributed by atoms with E-state index in [4.69, 9.17) is 0 Å². The Morgan fingerprint density at radius 2 is 2.14 bits per heavy atom. The van der Waals surface area contributed by atoms with Crippen molar-refractivity contribution in [2.45, 2.75) is 25.4 Å². The van der Waals surface area contributed by atoms with E-state index in [0.29, 0.717) is 24.3 Å². The lowest BCUT2D eigenvalue weighted by molar-refractivity contribution is -0.0732. The van der Waals surface area contributed by atoms with Gasteiger partial charge in [0, 0.05) is 24.3 Å². The number of rotatable bonds is 5. The summed E-state index contributed by atoms with van der Waals surface area (Å²) in [6, 6.07) is 5.02. The van der Waals surface area contributed by atoms with Gasteiger partial charge in [-0.05, 0) is 25.5 Å². The van der Waals surface area contributed by atoms with Crippen LogP contribution in [-0.2, 0) is 16.4 Å². The number of hydrogen-bond donors (Lipinski definition) is 2. The molecule has 0 spiro atoms. The molecule has 21 heavy (non-hydrogen) atoms. The first kappa shape index (κ1) is 16.0. The fraction of sp³-hybridized carbons (Fsp3) is 0.538. The first-order chi connectivity index (χ1) is 9.63. The van der Waals surface area contributed by atoms with Crippen molar-refractivity contribution in [3.8, 4) is 0 Å². The minimum Gasteiger partial charge on any atom is -0.382 e. The first-order valence-electron chi connectivity index (χ1n) is 6.47. The summed E-state index contributed by atoms with van der Waals surface area (Å²) in [4.78, 5) is 0. The Morgan fingerprint density at radius 1 is 1.48 bits per heavy atom. The number of anilines is 2. The summed E-state index contributed by atoms with van der Waals surface area (Å²) >= 11 is 0. The summed E-state index contributed by atoms with van der Waals surface area (Å²) in [6.45, 7) is 1.06. The van der Waals surface area contributed by atoms with Crippen molar-refractivity contribution in [3.05, 3.63) is 23.8 Å². The topological polar surface area (TPSA) is 69.6 Å². The van der Waals surface area contributed by atoms with Gasteiger partial charge in [0.1, 0.15) is 5.60 Å². The molecule has 0 saturated heterocycles. The molecule has 0 saturated carbocycles. The van der Waals surface area contributed by atoms with Gasteiger partial charge in [-0.2, -0.15) is 0 Å². The first-order valence-corrected chi connectivity index (χ1v) is 8.32. The molecule has 1 aliphatic heterocycles. The number of nitrogens with zero attached hydrogens (tertiary/aromatic N) is 1. The third kappa shape index (κ3) is 3.26. The largest absolute Gasteiger partial charge is 0.382 e. The highest BCUT2D eigenvalue weighted by molar-refractivity contribution is 7.92. The van der Waals surface area contributed by atoms with Gasteiger partial charge in [0.05, 0.1) is 11.9 Å². The molecule has 1 atom stereocenters. The molecular weight excluding hydrogens is 302 g/mol. The van der Waals surface area contributed by atoms with Crippen molar-refractivity contribution in [3.63, 3.8) is 0 Å². The van der Waals surface area contributed by atoms with Crippen LogP contribution >= 0.6 is 0 Å². The van der Waals surface area contributed by atoms with Crippen LogP contribution in [0.1, 0.15) is 12.5 Å². The molecule has 1 unspecified atom stereocenters. The molecule has 0 fully saturated rings. The zero-order valence-electron chi connectivity index (χ0n) is 11.8. The lowest BCUT2D eigenvalue weighted by Gasteiger charge is -2.24. The highest BCUT2D eigenvalue weighted by atomic mass is 32.2. The van der Waals surface area contributed by atoms with E-state index in [-0.39, 0.29) is 6.54 Å². The second kappa shape index (κ2) is 5.42. The van der Waals surface area contributed by atoms with Crippen molar-refractivity contribution >= 4 is 21.4 Å². The van der Waals surface area contributed by atoms with Gasteiger partial charge < -0.3 is 10.4 Å².